The van der Waals surface area contributed by atoms with E-state index in [-0.39, 0.29) is 29.9 Å². The molecule has 0 aromatic rings. The van der Waals surface area contributed by atoms with Gasteiger partial charge in [-0.2, -0.15) is 0 Å². The maximum absolute atomic E-state index is 12.9. The number of carbonyl (C=O) groups is 3. The molecule has 0 radical (unpaired) electrons. The lowest BCUT2D eigenvalue weighted by molar-refractivity contribution is -0.132. The minimum atomic E-state index is -0.495. The third kappa shape index (κ3) is 7.52. The van der Waals surface area contributed by atoms with E-state index in [1.54, 1.807) is 11.8 Å². The number of ether oxygens (including phenoxy) is 1. The molecule has 1 atom stereocenters. The maximum Gasteiger partial charge on any atom is 0.409 e. The Balaban J connectivity index is 1.85. The van der Waals surface area contributed by atoms with Gasteiger partial charge in [0.25, 0.3) is 0 Å². The van der Waals surface area contributed by atoms with E-state index in [1.807, 2.05) is 0 Å². The Bertz CT molecular complexity index is 550. The zero-order valence-corrected chi connectivity index (χ0v) is 18.5. The summed E-state index contributed by atoms with van der Waals surface area (Å²) in [6.07, 6.45) is 5.73. The number of hydrogen-bond acceptors (Lipinski definition) is 4. The molecule has 0 bridgehead atoms. The minimum absolute atomic E-state index is 0.0230. The van der Waals surface area contributed by atoms with Gasteiger partial charge in [0.1, 0.15) is 6.04 Å². The minimum Gasteiger partial charge on any atom is -0.450 e. The highest BCUT2D eigenvalue weighted by molar-refractivity contribution is 5.88. The molecule has 0 unspecified atom stereocenters. The molecule has 7 heteroatoms. The fourth-order valence-electron chi connectivity index (χ4n) is 4.24. The van der Waals surface area contributed by atoms with Crippen LogP contribution in [0.25, 0.3) is 0 Å². The monoisotopic (exact) mass is 409 g/mol. The third-order valence-electron chi connectivity index (χ3n) is 6.09. The molecule has 2 aliphatic rings. The quantitative estimate of drug-likeness (QED) is 0.676. The zero-order chi connectivity index (χ0) is 21.4. The van der Waals surface area contributed by atoms with Gasteiger partial charge in [-0.1, -0.05) is 20.8 Å². The van der Waals surface area contributed by atoms with Crippen molar-refractivity contribution in [2.24, 2.45) is 17.8 Å². The lowest BCUT2D eigenvalue weighted by Gasteiger charge is -2.33. The van der Waals surface area contributed by atoms with E-state index in [1.165, 1.54) is 0 Å². The van der Waals surface area contributed by atoms with E-state index < -0.39 is 6.04 Å². The predicted octanol–water partition coefficient (Wildman–Crippen LogP) is 3.08. The summed E-state index contributed by atoms with van der Waals surface area (Å²) < 4.78 is 5.04. The molecule has 0 aromatic heterocycles. The number of rotatable bonds is 7. The third-order valence-corrected chi connectivity index (χ3v) is 6.09. The van der Waals surface area contributed by atoms with Gasteiger partial charge in [-0.15, -0.1) is 0 Å². The van der Waals surface area contributed by atoms with Gasteiger partial charge in [0.2, 0.25) is 11.8 Å². The average molecular weight is 410 g/mol. The molecule has 7 nitrogen and oxygen atoms in total. The first-order valence-electron chi connectivity index (χ1n) is 11.3. The van der Waals surface area contributed by atoms with Crippen LogP contribution < -0.4 is 10.6 Å². The summed E-state index contributed by atoms with van der Waals surface area (Å²) in [6, 6.07) is -0.472. The molecular weight excluding hydrogens is 370 g/mol. The van der Waals surface area contributed by atoms with Crippen LogP contribution >= 0.6 is 0 Å². The summed E-state index contributed by atoms with van der Waals surface area (Å²) in [5.41, 5.74) is 0. The van der Waals surface area contributed by atoms with Crippen molar-refractivity contribution in [1.82, 2.24) is 15.5 Å². The molecule has 1 heterocycles. The first-order valence-corrected chi connectivity index (χ1v) is 11.3. The first kappa shape index (κ1) is 23.5. The van der Waals surface area contributed by atoms with E-state index in [4.69, 9.17) is 4.74 Å². The SMILES string of the molecule is CCOC(=O)N1CCC(NC(=O)[C@H](CC(C)C)NC(=O)C2CCC(C)CC2)CC1. The van der Waals surface area contributed by atoms with Crippen molar-refractivity contribution < 1.29 is 19.1 Å². The largest absolute Gasteiger partial charge is 0.450 e. The maximum atomic E-state index is 12.9. The second-order valence-corrected chi connectivity index (χ2v) is 9.12. The van der Waals surface area contributed by atoms with Crippen molar-refractivity contribution in [3.8, 4) is 0 Å². The Morgan fingerprint density at radius 1 is 1.03 bits per heavy atom. The number of likely N-dealkylation sites (tertiary alicyclic amines) is 1. The standard InChI is InChI=1S/C22H39N3O4/c1-5-29-22(28)25-12-10-18(11-13-25)23-21(27)19(14-15(2)3)24-20(26)17-8-6-16(4)7-9-17/h15-19H,5-14H2,1-4H3,(H,23,27)(H,24,26)/t16?,17?,19-/m0/s1. The Morgan fingerprint density at radius 2 is 1.66 bits per heavy atom. The molecule has 1 saturated heterocycles. The van der Waals surface area contributed by atoms with Crippen molar-refractivity contribution >= 4 is 17.9 Å². The summed E-state index contributed by atoms with van der Waals surface area (Å²) in [7, 11) is 0. The molecule has 3 amide bonds. The van der Waals surface area contributed by atoms with Gasteiger partial charge in [0, 0.05) is 25.0 Å². The second-order valence-electron chi connectivity index (χ2n) is 9.12. The number of piperidine rings is 1. The molecule has 2 fully saturated rings. The number of hydrogen-bond donors (Lipinski definition) is 2. The van der Waals surface area contributed by atoms with E-state index in [0.717, 1.165) is 25.7 Å². The van der Waals surface area contributed by atoms with Gasteiger partial charge in [-0.3, -0.25) is 9.59 Å². The predicted molar refractivity (Wildman–Crippen MR) is 112 cm³/mol. The molecule has 2 rings (SSSR count). The van der Waals surface area contributed by atoms with E-state index >= 15 is 0 Å². The van der Waals surface area contributed by atoms with Crippen molar-refractivity contribution in [3.05, 3.63) is 0 Å². The second kappa shape index (κ2) is 11.4. The van der Waals surface area contributed by atoms with Crippen molar-refractivity contribution in [2.75, 3.05) is 19.7 Å². The van der Waals surface area contributed by atoms with Gasteiger partial charge in [0.15, 0.2) is 0 Å². The highest BCUT2D eigenvalue weighted by Gasteiger charge is 2.31. The van der Waals surface area contributed by atoms with Gasteiger partial charge in [0.05, 0.1) is 6.61 Å². The molecule has 1 aliphatic carbocycles. The Morgan fingerprint density at radius 3 is 2.21 bits per heavy atom. The molecule has 1 aliphatic heterocycles. The Labute approximate surface area is 175 Å². The molecule has 29 heavy (non-hydrogen) atoms. The molecule has 166 valence electrons. The zero-order valence-electron chi connectivity index (χ0n) is 18.5. The van der Waals surface area contributed by atoms with Crippen LogP contribution in [0.2, 0.25) is 0 Å². The van der Waals surface area contributed by atoms with Crippen molar-refractivity contribution in [2.45, 2.75) is 84.7 Å². The summed E-state index contributed by atoms with van der Waals surface area (Å²) in [4.78, 5) is 39.1. The fourth-order valence-corrected chi connectivity index (χ4v) is 4.24. The van der Waals surface area contributed by atoms with Crippen molar-refractivity contribution in [3.63, 3.8) is 0 Å². The highest BCUT2D eigenvalue weighted by atomic mass is 16.6. The van der Waals surface area contributed by atoms with Crippen LogP contribution in [0.15, 0.2) is 0 Å². The lowest BCUT2D eigenvalue weighted by Crippen LogP contribution is -2.54. The van der Waals surface area contributed by atoms with Crippen molar-refractivity contribution in [1.29, 1.82) is 0 Å². The number of nitrogens with one attached hydrogen (secondary N) is 2. The van der Waals surface area contributed by atoms with Gasteiger partial charge >= 0.3 is 6.09 Å². The summed E-state index contributed by atoms with van der Waals surface area (Å²) >= 11 is 0. The average Bonchev–Trinajstić information content (AvgIpc) is 2.68. The molecule has 2 N–H and O–H groups in total. The van der Waals surface area contributed by atoms with Crippen LogP contribution in [-0.2, 0) is 14.3 Å². The van der Waals surface area contributed by atoms with E-state index in [2.05, 4.69) is 31.4 Å². The van der Waals surface area contributed by atoms with Crippen LogP contribution in [0, 0.1) is 17.8 Å². The van der Waals surface area contributed by atoms with Crippen LogP contribution in [0.5, 0.6) is 0 Å². The summed E-state index contributed by atoms with van der Waals surface area (Å²) in [6.45, 7) is 9.67. The number of nitrogens with zero attached hydrogens (tertiary/aromatic N) is 1. The number of amides is 3. The lowest BCUT2D eigenvalue weighted by atomic mass is 9.82. The van der Waals surface area contributed by atoms with Gasteiger partial charge in [-0.05, 0) is 63.7 Å². The smallest absolute Gasteiger partial charge is 0.409 e. The number of carbonyl (C=O) groups excluding carboxylic acids is 3. The van der Waals surface area contributed by atoms with Crippen LogP contribution in [0.1, 0.15) is 72.6 Å². The van der Waals surface area contributed by atoms with Crippen LogP contribution in [-0.4, -0.2) is 54.6 Å². The van der Waals surface area contributed by atoms with Crippen LogP contribution in [0.3, 0.4) is 0 Å². The highest BCUT2D eigenvalue weighted by Crippen LogP contribution is 2.28. The Kier molecular flexibility index (Phi) is 9.24. The van der Waals surface area contributed by atoms with Gasteiger partial charge < -0.3 is 20.3 Å². The summed E-state index contributed by atoms with van der Waals surface area (Å²) in [5.74, 6) is 0.944. The Hall–Kier alpha value is -1.79. The topological polar surface area (TPSA) is 87.7 Å². The summed E-state index contributed by atoms with van der Waals surface area (Å²) in [5, 5.41) is 6.13. The molecule has 0 spiro atoms. The van der Waals surface area contributed by atoms with Crippen LogP contribution in [0.4, 0.5) is 4.79 Å². The normalized spacial score (nSPS) is 24.1. The first-order chi connectivity index (χ1) is 13.8. The van der Waals surface area contributed by atoms with Gasteiger partial charge in [-0.25, -0.2) is 4.79 Å². The molecular formula is C22H39N3O4. The molecule has 1 saturated carbocycles. The molecule has 0 aromatic carbocycles. The fraction of sp³-hybridized carbons (Fsp3) is 0.864. The van der Waals surface area contributed by atoms with E-state index in [0.29, 0.717) is 50.8 Å². The van der Waals surface area contributed by atoms with E-state index in [9.17, 15) is 14.4 Å².